The van der Waals surface area contributed by atoms with Crippen molar-refractivity contribution in [1.82, 2.24) is 10.2 Å². The van der Waals surface area contributed by atoms with E-state index in [1.165, 1.54) is 24.8 Å². The van der Waals surface area contributed by atoms with Gasteiger partial charge in [0.1, 0.15) is 0 Å². The molecule has 8 heteroatoms. The molecule has 2 aromatic rings. The van der Waals surface area contributed by atoms with Crippen molar-refractivity contribution in [2.75, 3.05) is 13.1 Å². The van der Waals surface area contributed by atoms with Crippen LogP contribution in [0.4, 0.5) is 13.2 Å². The van der Waals surface area contributed by atoms with Crippen LogP contribution in [0.3, 0.4) is 0 Å². The third kappa shape index (κ3) is 4.32. The van der Waals surface area contributed by atoms with Gasteiger partial charge in [-0.3, -0.25) is 9.69 Å². The van der Waals surface area contributed by atoms with E-state index >= 15 is 0 Å². The van der Waals surface area contributed by atoms with E-state index in [1.807, 2.05) is 12.1 Å². The van der Waals surface area contributed by atoms with Gasteiger partial charge in [-0.1, -0.05) is 47.5 Å². The third-order valence-corrected chi connectivity index (χ3v) is 6.80. The van der Waals surface area contributed by atoms with Crippen molar-refractivity contribution in [3.8, 4) is 0 Å². The van der Waals surface area contributed by atoms with Crippen molar-refractivity contribution in [3.63, 3.8) is 0 Å². The number of nitrogens with zero attached hydrogens (tertiary/aromatic N) is 1. The van der Waals surface area contributed by atoms with E-state index in [1.54, 1.807) is 0 Å². The minimum atomic E-state index is -4.67. The van der Waals surface area contributed by atoms with Crippen LogP contribution in [-0.2, 0) is 12.7 Å². The largest absolute Gasteiger partial charge is 0.417 e. The van der Waals surface area contributed by atoms with Gasteiger partial charge in [0.15, 0.2) is 0 Å². The van der Waals surface area contributed by atoms with Crippen LogP contribution in [0.1, 0.15) is 52.4 Å². The van der Waals surface area contributed by atoms with Crippen molar-refractivity contribution in [2.45, 2.75) is 38.0 Å². The van der Waals surface area contributed by atoms with Crippen molar-refractivity contribution >= 4 is 29.1 Å². The molecular formula is C22H21Cl2F3N2O. The van der Waals surface area contributed by atoms with Crippen LogP contribution in [-0.4, -0.2) is 23.9 Å². The Labute approximate surface area is 183 Å². The normalized spacial score (nSPS) is 23.4. The Morgan fingerprint density at radius 2 is 1.73 bits per heavy atom. The fourth-order valence-corrected chi connectivity index (χ4v) is 5.07. The molecule has 1 amide bonds. The number of piperidine rings is 3. The highest BCUT2D eigenvalue weighted by atomic mass is 35.5. The maximum atomic E-state index is 13.1. The van der Waals surface area contributed by atoms with Gasteiger partial charge in [-0.15, -0.1) is 0 Å². The zero-order valence-electron chi connectivity index (χ0n) is 16.1. The monoisotopic (exact) mass is 456 g/mol. The smallest absolute Gasteiger partial charge is 0.348 e. The summed E-state index contributed by atoms with van der Waals surface area (Å²) in [5.41, 5.74) is 0.663. The van der Waals surface area contributed by atoms with Crippen LogP contribution < -0.4 is 5.32 Å². The second-order valence-electron chi connectivity index (χ2n) is 7.94. The molecule has 3 saturated heterocycles. The van der Waals surface area contributed by atoms with E-state index in [4.69, 9.17) is 23.2 Å². The van der Waals surface area contributed by atoms with E-state index < -0.39 is 22.7 Å². The summed E-state index contributed by atoms with van der Waals surface area (Å²) in [6, 6.07) is 10.3. The molecule has 3 nitrogen and oxygen atoms in total. The first-order valence-electron chi connectivity index (χ1n) is 9.90. The Kier molecular flexibility index (Phi) is 6.02. The molecule has 2 aromatic carbocycles. The summed E-state index contributed by atoms with van der Waals surface area (Å²) in [6.07, 6.45) is -0.924. The van der Waals surface area contributed by atoms with Gasteiger partial charge in [0.25, 0.3) is 5.91 Å². The topological polar surface area (TPSA) is 32.3 Å². The fraction of sp³-hybridized carbons (Fsp3) is 0.409. The molecule has 30 heavy (non-hydrogen) atoms. The molecule has 3 aliphatic rings. The predicted octanol–water partition coefficient (Wildman–Crippen LogP) is 6.10. The molecule has 0 aromatic heterocycles. The summed E-state index contributed by atoms with van der Waals surface area (Å²) in [4.78, 5) is 15.0. The lowest BCUT2D eigenvalue weighted by Crippen LogP contribution is -2.43. The first-order valence-corrected chi connectivity index (χ1v) is 10.7. The number of nitrogens with one attached hydrogen (secondary N) is 1. The minimum absolute atomic E-state index is 0.123. The quantitative estimate of drug-likeness (QED) is 0.602. The lowest BCUT2D eigenvalue weighted by atomic mass is 9.81. The standard InChI is InChI=1S/C22H21Cl2F3N2O/c23-17-6-5-16(22(25,26)27)20(24)19(17)21(30)28-12-14-1-3-15(4-2-14)18-11-13-7-9-29(18)10-8-13/h1-6,13,18H,7-12H2,(H,28,30). The summed E-state index contributed by atoms with van der Waals surface area (Å²) in [5, 5.41) is 1.80. The first-order chi connectivity index (χ1) is 14.2. The molecule has 3 aliphatic heterocycles. The lowest BCUT2D eigenvalue weighted by Gasteiger charge is -2.45. The molecule has 0 spiro atoms. The summed E-state index contributed by atoms with van der Waals surface area (Å²) >= 11 is 11.8. The highest BCUT2D eigenvalue weighted by Gasteiger charge is 2.36. The molecule has 1 atom stereocenters. The van der Waals surface area contributed by atoms with Crippen LogP contribution in [0.15, 0.2) is 36.4 Å². The van der Waals surface area contributed by atoms with E-state index in [-0.39, 0.29) is 17.1 Å². The van der Waals surface area contributed by atoms with Crippen LogP contribution in [0.2, 0.25) is 10.0 Å². The number of fused-ring (bicyclic) bond motifs is 3. The van der Waals surface area contributed by atoms with E-state index in [2.05, 4.69) is 22.3 Å². The Hall–Kier alpha value is -1.76. The third-order valence-electron chi connectivity index (χ3n) is 6.09. The molecule has 3 fully saturated rings. The maximum absolute atomic E-state index is 13.1. The second kappa shape index (κ2) is 8.40. The first kappa shape index (κ1) is 21.5. The summed E-state index contributed by atoms with van der Waals surface area (Å²) in [6.45, 7) is 2.45. The number of alkyl halides is 3. The zero-order chi connectivity index (χ0) is 21.5. The molecular weight excluding hydrogens is 436 g/mol. The highest BCUT2D eigenvalue weighted by Crippen LogP contribution is 2.41. The van der Waals surface area contributed by atoms with Crippen LogP contribution >= 0.6 is 23.2 Å². The number of benzene rings is 2. The summed E-state index contributed by atoms with van der Waals surface area (Å²) < 4.78 is 39.2. The van der Waals surface area contributed by atoms with Gasteiger partial charge in [-0.25, -0.2) is 0 Å². The van der Waals surface area contributed by atoms with Gasteiger partial charge in [0.2, 0.25) is 0 Å². The van der Waals surface area contributed by atoms with E-state index in [0.717, 1.165) is 36.7 Å². The second-order valence-corrected chi connectivity index (χ2v) is 8.72. The number of carbonyl (C=O) groups is 1. The molecule has 160 valence electrons. The van der Waals surface area contributed by atoms with Crippen molar-refractivity contribution < 1.29 is 18.0 Å². The fourth-order valence-electron chi connectivity index (χ4n) is 4.42. The number of rotatable bonds is 4. The Bertz CT molecular complexity index is 939. The number of halogens is 5. The van der Waals surface area contributed by atoms with Crippen LogP contribution in [0.25, 0.3) is 0 Å². The Morgan fingerprint density at radius 3 is 2.30 bits per heavy atom. The summed E-state index contributed by atoms with van der Waals surface area (Å²) in [7, 11) is 0. The van der Waals surface area contributed by atoms with Gasteiger partial charge in [0.05, 0.1) is 21.2 Å². The molecule has 0 saturated carbocycles. The van der Waals surface area contributed by atoms with Crippen molar-refractivity contribution in [1.29, 1.82) is 0 Å². The molecule has 0 aliphatic carbocycles. The van der Waals surface area contributed by atoms with Crippen molar-refractivity contribution in [3.05, 3.63) is 68.7 Å². The van der Waals surface area contributed by atoms with Crippen LogP contribution in [0.5, 0.6) is 0 Å². The lowest BCUT2D eigenvalue weighted by molar-refractivity contribution is -0.137. The van der Waals surface area contributed by atoms with Gasteiger partial charge >= 0.3 is 6.18 Å². The maximum Gasteiger partial charge on any atom is 0.417 e. The molecule has 0 radical (unpaired) electrons. The molecule has 1 unspecified atom stereocenters. The molecule has 5 rings (SSSR count). The highest BCUT2D eigenvalue weighted by molar-refractivity contribution is 6.40. The molecule has 1 N–H and O–H groups in total. The predicted molar refractivity (Wildman–Crippen MR) is 111 cm³/mol. The van der Waals surface area contributed by atoms with Crippen molar-refractivity contribution in [2.24, 2.45) is 5.92 Å². The number of carbonyl (C=O) groups excluding carboxylic acids is 1. The number of hydrogen-bond acceptors (Lipinski definition) is 2. The van der Waals surface area contributed by atoms with Gasteiger partial charge < -0.3 is 5.32 Å². The Morgan fingerprint density at radius 1 is 1.07 bits per heavy atom. The average Bonchev–Trinajstić information content (AvgIpc) is 2.72. The summed E-state index contributed by atoms with van der Waals surface area (Å²) in [5.74, 6) is 0.0665. The number of hydrogen-bond donors (Lipinski definition) is 1. The zero-order valence-corrected chi connectivity index (χ0v) is 17.6. The van der Waals surface area contributed by atoms with Gasteiger partial charge in [-0.05, 0) is 61.5 Å². The average molecular weight is 457 g/mol. The van der Waals surface area contributed by atoms with Gasteiger partial charge in [0, 0.05) is 12.6 Å². The molecule has 2 bridgehead atoms. The SMILES string of the molecule is O=C(NCc1ccc(C2CC3CCN2CC3)cc1)c1c(Cl)ccc(C(F)(F)F)c1Cl. The minimum Gasteiger partial charge on any atom is -0.348 e. The van der Waals surface area contributed by atoms with E-state index in [9.17, 15) is 18.0 Å². The number of amides is 1. The van der Waals surface area contributed by atoms with Gasteiger partial charge in [-0.2, -0.15) is 13.2 Å². The Balaban J connectivity index is 1.43. The van der Waals surface area contributed by atoms with Crippen LogP contribution in [0, 0.1) is 5.92 Å². The van der Waals surface area contributed by atoms with E-state index in [0.29, 0.717) is 6.04 Å². The molecule has 3 heterocycles.